The number of ketones is 2. The van der Waals surface area contributed by atoms with Gasteiger partial charge in [-0.3, -0.25) is 9.59 Å². The maximum atomic E-state index is 13.6. The van der Waals surface area contributed by atoms with Crippen molar-refractivity contribution in [1.82, 2.24) is 0 Å². The van der Waals surface area contributed by atoms with Gasteiger partial charge >= 0.3 is 0 Å². The van der Waals surface area contributed by atoms with E-state index in [0.29, 0.717) is 34.1 Å². The third-order valence-corrected chi connectivity index (χ3v) is 7.32. The number of benzene rings is 2. The molecule has 2 aromatic rings. The van der Waals surface area contributed by atoms with Crippen molar-refractivity contribution < 1.29 is 9.59 Å². The lowest BCUT2D eigenvalue weighted by Crippen LogP contribution is -2.26. The van der Waals surface area contributed by atoms with Gasteiger partial charge in [0.2, 0.25) is 0 Å². The van der Waals surface area contributed by atoms with Crippen molar-refractivity contribution in [2.24, 2.45) is 11.8 Å². The second-order valence-corrected chi connectivity index (χ2v) is 9.71. The van der Waals surface area contributed by atoms with E-state index < -0.39 is 0 Å². The van der Waals surface area contributed by atoms with Gasteiger partial charge < -0.3 is 10.6 Å². The summed E-state index contributed by atoms with van der Waals surface area (Å²) in [6.45, 7) is 10.5. The van der Waals surface area contributed by atoms with Gasteiger partial charge in [-0.15, -0.1) is 0 Å². The first-order valence-corrected chi connectivity index (χ1v) is 13.4. The fraction of sp³-hybridized carbons (Fsp3) is 0.533. The smallest absolute Gasteiger partial charge is 0.196 e. The SMILES string of the molecule is CCCC[C@@H](CC)CNc1ccc(NC[C@H](CC)CCCC)c2c1C(=O)c1ccccc1C2=O. The molecule has 0 fully saturated rings. The average Bonchev–Trinajstić information content (AvgIpc) is 2.87. The normalized spacial score (nSPS) is 14.4. The van der Waals surface area contributed by atoms with E-state index in [1.807, 2.05) is 24.3 Å². The number of fused-ring (bicyclic) bond motifs is 2. The second-order valence-electron chi connectivity index (χ2n) is 9.71. The Balaban J connectivity index is 1.94. The number of carbonyl (C=O) groups excluding carboxylic acids is 2. The first kappa shape index (κ1) is 26.0. The number of hydrogen-bond donors (Lipinski definition) is 2. The van der Waals surface area contributed by atoms with Gasteiger partial charge in [-0.2, -0.15) is 0 Å². The molecule has 1 aliphatic carbocycles. The third-order valence-electron chi connectivity index (χ3n) is 7.32. The second kappa shape index (κ2) is 12.7. The Bertz CT molecular complexity index is 904. The molecule has 3 rings (SSSR count). The molecule has 0 aliphatic heterocycles. The van der Waals surface area contributed by atoms with Gasteiger partial charge in [0.1, 0.15) is 0 Å². The highest BCUT2D eigenvalue weighted by molar-refractivity contribution is 6.31. The molecular formula is C30H42N2O2. The molecule has 4 heteroatoms. The van der Waals surface area contributed by atoms with Crippen LogP contribution in [0.3, 0.4) is 0 Å². The molecule has 0 heterocycles. The van der Waals surface area contributed by atoms with Crippen LogP contribution >= 0.6 is 0 Å². The van der Waals surface area contributed by atoms with Gasteiger partial charge in [0, 0.05) is 35.6 Å². The maximum absolute atomic E-state index is 13.6. The summed E-state index contributed by atoms with van der Waals surface area (Å²) in [4.78, 5) is 27.3. The summed E-state index contributed by atoms with van der Waals surface area (Å²) >= 11 is 0. The van der Waals surface area contributed by atoms with Crippen LogP contribution in [0.25, 0.3) is 0 Å². The van der Waals surface area contributed by atoms with Gasteiger partial charge in [0.25, 0.3) is 0 Å². The molecule has 2 N–H and O–H groups in total. The topological polar surface area (TPSA) is 58.2 Å². The van der Waals surface area contributed by atoms with E-state index in [9.17, 15) is 9.59 Å². The van der Waals surface area contributed by atoms with Crippen molar-refractivity contribution in [3.63, 3.8) is 0 Å². The Morgan fingerprint density at radius 1 is 0.647 bits per heavy atom. The number of anilines is 2. The van der Waals surface area contributed by atoms with Gasteiger partial charge in [0.05, 0.1) is 11.1 Å². The van der Waals surface area contributed by atoms with E-state index in [2.05, 4.69) is 38.3 Å². The van der Waals surface area contributed by atoms with Crippen LogP contribution in [-0.2, 0) is 0 Å². The van der Waals surface area contributed by atoms with Gasteiger partial charge in [-0.25, -0.2) is 0 Å². The molecule has 0 saturated carbocycles. The van der Waals surface area contributed by atoms with Crippen molar-refractivity contribution in [1.29, 1.82) is 0 Å². The van der Waals surface area contributed by atoms with Gasteiger partial charge in [0.15, 0.2) is 11.6 Å². The van der Waals surface area contributed by atoms with Crippen LogP contribution in [0, 0.1) is 11.8 Å². The molecule has 0 amide bonds. The standard InChI is InChI=1S/C30H42N2O2/c1-5-9-13-21(7-3)19-31-25-17-18-26(32-20-22(8-4)14-10-6-2)28-27(25)29(33)23-15-11-12-16-24(23)30(28)34/h11-12,15-18,21-22,31-32H,5-10,13-14,19-20H2,1-4H3/t21-,22-/m1/s1. The lowest BCUT2D eigenvalue weighted by atomic mass is 9.82. The molecule has 2 atom stereocenters. The Morgan fingerprint density at radius 3 is 1.41 bits per heavy atom. The summed E-state index contributed by atoms with van der Waals surface area (Å²) < 4.78 is 0. The van der Waals surface area contributed by atoms with Crippen LogP contribution < -0.4 is 10.6 Å². The van der Waals surface area contributed by atoms with E-state index in [0.717, 1.165) is 37.3 Å². The fourth-order valence-electron chi connectivity index (χ4n) is 4.91. The van der Waals surface area contributed by atoms with Crippen LogP contribution in [0.4, 0.5) is 11.4 Å². The predicted molar refractivity (Wildman–Crippen MR) is 143 cm³/mol. The summed E-state index contributed by atoms with van der Waals surface area (Å²) in [6.07, 6.45) is 9.34. The van der Waals surface area contributed by atoms with Crippen molar-refractivity contribution in [3.8, 4) is 0 Å². The van der Waals surface area contributed by atoms with Crippen molar-refractivity contribution >= 4 is 22.9 Å². The molecule has 0 spiro atoms. The van der Waals surface area contributed by atoms with E-state index in [-0.39, 0.29) is 11.6 Å². The van der Waals surface area contributed by atoms with Gasteiger partial charge in [-0.1, -0.05) is 90.5 Å². The summed E-state index contributed by atoms with van der Waals surface area (Å²) in [5.41, 5.74) is 3.63. The summed E-state index contributed by atoms with van der Waals surface area (Å²) in [7, 11) is 0. The lowest BCUT2D eigenvalue weighted by Gasteiger charge is -2.26. The highest BCUT2D eigenvalue weighted by atomic mass is 16.1. The molecular weight excluding hydrogens is 420 g/mol. The Hall–Kier alpha value is -2.62. The number of rotatable bonds is 14. The van der Waals surface area contributed by atoms with Gasteiger partial charge in [-0.05, 0) is 36.8 Å². The highest BCUT2D eigenvalue weighted by Crippen LogP contribution is 2.37. The van der Waals surface area contributed by atoms with Crippen LogP contribution in [0.5, 0.6) is 0 Å². The minimum atomic E-state index is -0.0593. The van der Waals surface area contributed by atoms with Crippen molar-refractivity contribution in [3.05, 3.63) is 58.7 Å². The molecule has 0 unspecified atom stereocenters. The first-order valence-electron chi connectivity index (χ1n) is 13.4. The van der Waals surface area contributed by atoms with Crippen LogP contribution in [0.15, 0.2) is 36.4 Å². The molecule has 4 nitrogen and oxygen atoms in total. The molecule has 1 aliphatic rings. The summed E-state index contributed by atoms with van der Waals surface area (Å²) in [5, 5.41) is 7.09. The van der Waals surface area contributed by atoms with E-state index in [1.165, 1.54) is 38.5 Å². The molecule has 0 bridgehead atoms. The maximum Gasteiger partial charge on any atom is 0.196 e. The molecule has 0 aromatic heterocycles. The van der Waals surface area contributed by atoms with Crippen molar-refractivity contribution in [2.75, 3.05) is 23.7 Å². The van der Waals surface area contributed by atoms with E-state index >= 15 is 0 Å². The number of carbonyl (C=O) groups is 2. The van der Waals surface area contributed by atoms with E-state index in [1.54, 1.807) is 12.1 Å². The zero-order chi connectivity index (χ0) is 24.5. The average molecular weight is 463 g/mol. The molecule has 0 saturated heterocycles. The summed E-state index contributed by atoms with van der Waals surface area (Å²) in [6, 6.07) is 11.2. The first-order chi connectivity index (χ1) is 16.5. The molecule has 184 valence electrons. The number of nitrogens with one attached hydrogen (secondary N) is 2. The highest BCUT2D eigenvalue weighted by Gasteiger charge is 2.34. The van der Waals surface area contributed by atoms with Crippen LogP contribution in [0.1, 0.15) is 111 Å². The van der Waals surface area contributed by atoms with Crippen molar-refractivity contribution in [2.45, 2.75) is 79.1 Å². The Kier molecular flexibility index (Phi) is 9.74. The fourth-order valence-corrected chi connectivity index (χ4v) is 4.91. The molecule has 34 heavy (non-hydrogen) atoms. The zero-order valence-corrected chi connectivity index (χ0v) is 21.5. The monoisotopic (exact) mass is 462 g/mol. The minimum Gasteiger partial charge on any atom is -0.384 e. The van der Waals surface area contributed by atoms with Crippen LogP contribution in [-0.4, -0.2) is 24.7 Å². The van der Waals surface area contributed by atoms with Crippen LogP contribution in [0.2, 0.25) is 0 Å². The zero-order valence-electron chi connectivity index (χ0n) is 21.5. The quantitative estimate of drug-likeness (QED) is 0.257. The lowest BCUT2D eigenvalue weighted by molar-refractivity contribution is 0.0980. The molecule has 2 aromatic carbocycles. The number of hydrogen-bond acceptors (Lipinski definition) is 4. The summed E-state index contributed by atoms with van der Waals surface area (Å²) in [5.74, 6) is 0.991. The number of unbranched alkanes of at least 4 members (excludes halogenated alkanes) is 2. The van der Waals surface area contributed by atoms with E-state index in [4.69, 9.17) is 0 Å². The predicted octanol–water partition coefficient (Wildman–Crippen LogP) is 7.72. The molecule has 0 radical (unpaired) electrons. The third kappa shape index (κ3) is 5.89. The Labute approximate surface area is 205 Å². The largest absolute Gasteiger partial charge is 0.384 e. The minimum absolute atomic E-state index is 0.0593. The Morgan fingerprint density at radius 2 is 1.06 bits per heavy atom.